The molecule has 2 heterocycles. The highest BCUT2D eigenvalue weighted by atomic mass is 16.5. The Bertz CT molecular complexity index is 861. The number of imidazole rings is 1. The molecule has 0 bridgehead atoms. The molecule has 3 aromatic rings. The summed E-state index contributed by atoms with van der Waals surface area (Å²) in [6.45, 7) is 0.744. The lowest BCUT2D eigenvalue weighted by Crippen LogP contribution is -2.44. The number of ether oxygens (including phenoxy) is 1. The van der Waals surface area contributed by atoms with E-state index in [0.29, 0.717) is 5.75 Å². The topological polar surface area (TPSA) is 56.2 Å². The van der Waals surface area contributed by atoms with Crippen LogP contribution in [-0.2, 0) is 17.8 Å². The number of amides is 1. The molecule has 1 amide bonds. The van der Waals surface area contributed by atoms with Gasteiger partial charge in [0, 0.05) is 37.0 Å². The van der Waals surface area contributed by atoms with Gasteiger partial charge in [0.1, 0.15) is 11.6 Å². The van der Waals surface area contributed by atoms with E-state index in [9.17, 15) is 4.79 Å². The predicted octanol–water partition coefficient (Wildman–Crippen LogP) is 3.13. The van der Waals surface area contributed by atoms with Crippen LogP contribution in [0.15, 0.2) is 73.1 Å². The summed E-state index contributed by atoms with van der Waals surface area (Å²) in [5, 5.41) is 3.16. The van der Waals surface area contributed by atoms with Crippen LogP contribution < -0.4 is 10.1 Å². The van der Waals surface area contributed by atoms with Gasteiger partial charge in [-0.3, -0.25) is 4.79 Å². The average Bonchev–Trinajstić information content (AvgIpc) is 3.15. The van der Waals surface area contributed by atoms with Gasteiger partial charge in [-0.2, -0.15) is 0 Å². The number of aromatic nitrogens is 2. The molecule has 0 unspecified atom stereocenters. The van der Waals surface area contributed by atoms with Crippen LogP contribution in [0.4, 0.5) is 0 Å². The zero-order valence-corrected chi connectivity index (χ0v) is 14.4. The summed E-state index contributed by atoms with van der Waals surface area (Å²) in [6, 6.07) is 19.1. The van der Waals surface area contributed by atoms with E-state index >= 15 is 0 Å². The largest absolute Gasteiger partial charge is 0.476 e. The first kappa shape index (κ1) is 16.4. The van der Waals surface area contributed by atoms with Crippen molar-refractivity contribution in [1.29, 1.82) is 0 Å². The minimum Gasteiger partial charge on any atom is -0.476 e. The van der Waals surface area contributed by atoms with Crippen molar-refractivity contribution in [2.45, 2.75) is 31.5 Å². The number of rotatable bonds is 5. The normalized spacial score (nSPS) is 17.2. The minimum absolute atomic E-state index is 0.0785. The maximum absolute atomic E-state index is 13.0. The molecule has 4 rings (SSSR count). The van der Waals surface area contributed by atoms with E-state index in [1.54, 1.807) is 0 Å². The smallest absolute Gasteiger partial charge is 0.266 e. The minimum atomic E-state index is -0.678. The van der Waals surface area contributed by atoms with Gasteiger partial charge in [0.15, 0.2) is 0 Å². The molecular weight excluding hydrogens is 326 g/mol. The Morgan fingerprint density at radius 2 is 1.85 bits per heavy atom. The van der Waals surface area contributed by atoms with Crippen LogP contribution in [0.3, 0.4) is 0 Å². The summed E-state index contributed by atoms with van der Waals surface area (Å²) in [5.74, 6) is 1.64. The van der Waals surface area contributed by atoms with Crippen LogP contribution >= 0.6 is 0 Å². The number of nitrogens with one attached hydrogen (secondary N) is 1. The first-order chi connectivity index (χ1) is 12.8. The number of fused-ring (bicyclic) bond motifs is 1. The molecule has 132 valence electrons. The summed E-state index contributed by atoms with van der Waals surface area (Å²) in [6.07, 6.45) is 4.85. The summed E-state index contributed by atoms with van der Waals surface area (Å²) in [7, 11) is 0. The van der Waals surface area contributed by atoms with E-state index in [-0.39, 0.29) is 11.9 Å². The van der Waals surface area contributed by atoms with Gasteiger partial charge in [0.25, 0.3) is 5.91 Å². The molecule has 26 heavy (non-hydrogen) atoms. The number of carbonyl (C=O) groups excluding carboxylic acids is 1. The molecule has 0 saturated heterocycles. The lowest BCUT2D eigenvalue weighted by molar-refractivity contribution is -0.129. The fraction of sp³-hybridized carbons (Fsp3) is 0.238. The van der Waals surface area contributed by atoms with Crippen LogP contribution in [-0.4, -0.2) is 21.5 Å². The van der Waals surface area contributed by atoms with E-state index in [2.05, 4.69) is 14.9 Å². The molecule has 5 nitrogen and oxygen atoms in total. The molecule has 1 aliphatic heterocycles. The zero-order valence-electron chi connectivity index (χ0n) is 14.4. The Morgan fingerprint density at radius 3 is 2.62 bits per heavy atom. The number of carbonyl (C=O) groups is 1. The number of para-hydroxylation sites is 1. The number of nitrogens with zero attached hydrogens (tertiary/aromatic N) is 2. The summed E-state index contributed by atoms with van der Waals surface area (Å²) in [4.78, 5) is 17.3. The summed E-state index contributed by atoms with van der Waals surface area (Å²) < 4.78 is 8.13. The van der Waals surface area contributed by atoms with Crippen molar-refractivity contribution in [2.75, 3.05) is 0 Å². The van der Waals surface area contributed by atoms with Crippen LogP contribution in [0.1, 0.15) is 23.9 Å². The first-order valence-corrected chi connectivity index (χ1v) is 8.86. The Balaban J connectivity index is 1.51. The fourth-order valence-electron chi connectivity index (χ4n) is 3.30. The Hall–Kier alpha value is -3.08. The van der Waals surface area contributed by atoms with Crippen LogP contribution in [0.2, 0.25) is 0 Å². The van der Waals surface area contributed by atoms with Crippen LogP contribution in [0.5, 0.6) is 5.75 Å². The van der Waals surface area contributed by atoms with Gasteiger partial charge in [-0.05, 0) is 18.6 Å². The molecule has 0 spiro atoms. The first-order valence-electron chi connectivity index (χ1n) is 8.86. The van der Waals surface area contributed by atoms with E-state index in [1.807, 2.05) is 73.1 Å². The van der Waals surface area contributed by atoms with Gasteiger partial charge < -0.3 is 14.6 Å². The Labute approximate surface area is 152 Å². The van der Waals surface area contributed by atoms with E-state index in [4.69, 9.17) is 4.74 Å². The second-order valence-corrected chi connectivity index (χ2v) is 6.46. The summed E-state index contributed by atoms with van der Waals surface area (Å²) >= 11 is 0. The van der Waals surface area contributed by atoms with Crippen LogP contribution in [0.25, 0.3) is 0 Å². The molecule has 5 heteroatoms. The Kier molecular flexibility index (Phi) is 4.69. The van der Waals surface area contributed by atoms with Crippen molar-refractivity contribution in [3.05, 3.63) is 84.4 Å². The molecular formula is C21H21N3O2. The monoisotopic (exact) mass is 347 g/mol. The van der Waals surface area contributed by atoms with Gasteiger partial charge in [-0.15, -0.1) is 0 Å². The molecule has 1 aliphatic rings. The van der Waals surface area contributed by atoms with Gasteiger partial charge >= 0.3 is 0 Å². The molecule has 1 N–H and O–H groups in total. The molecule has 2 atom stereocenters. The predicted molar refractivity (Wildman–Crippen MR) is 98.7 cm³/mol. The second-order valence-electron chi connectivity index (χ2n) is 6.46. The third kappa shape index (κ3) is 3.61. The average molecular weight is 347 g/mol. The number of hydrogen-bond acceptors (Lipinski definition) is 3. The van der Waals surface area contributed by atoms with Gasteiger partial charge in [0.2, 0.25) is 6.10 Å². The second kappa shape index (κ2) is 7.44. The van der Waals surface area contributed by atoms with Gasteiger partial charge in [-0.1, -0.05) is 48.5 Å². The van der Waals surface area contributed by atoms with Crippen molar-refractivity contribution in [2.24, 2.45) is 0 Å². The van der Waals surface area contributed by atoms with E-state index in [0.717, 1.165) is 30.8 Å². The SMILES string of the molecule is O=C(N[C@@H]1CCc2nccn2C1)[C@@H](Oc1ccccc1)c1ccccc1. The fourth-order valence-corrected chi connectivity index (χ4v) is 3.30. The maximum atomic E-state index is 13.0. The highest BCUT2D eigenvalue weighted by molar-refractivity contribution is 5.82. The standard InChI is InChI=1S/C21H21N3O2/c25-21(23-17-11-12-19-22-13-14-24(19)15-17)20(16-7-3-1-4-8-16)26-18-9-5-2-6-10-18/h1-10,13-14,17,20H,11-12,15H2,(H,23,25)/t17-,20+/m1/s1. The van der Waals surface area contributed by atoms with Crippen molar-refractivity contribution < 1.29 is 9.53 Å². The molecule has 2 aromatic carbocycles. The highest BCUT2D eigenvalue weighted by Gasteiger charge is 2.27. The third-order valence-corrected chi connectivity index (χ3v) is 4.62. The quantitative estimate of drug-likeness (QED) is 0.771. The Morgan fingerprint density at radius 1 is 1.12 bits per heavy atom. The van der Waals surface area contributed by atoms with Crippen molar-refractivity contribution in [3.63, 3.8) is 0 Å². The third-order valence-electron chi connectivity index (χ3n) is 4.62. The number of hydrogen-bond donors (Lipinski definition) is 1. The molecule has 0 fully saturated rings. The molecule has 0 saturated carbocycles. The lowest BCUT2D eigenvalue weighted by atomic mass is 10.0. The number of benzene rings is 2. The van der Waals surface area contributed by atoms with Gasteiger partial charge in [0.05, 0.1) is 0 Å². The van der Waals surface area contributed by atoms with Crippen molar-refractivity contribution >= 4 is 5.91 Å². The number of aryl methyl sites for hydroxylation is 1. The van der Waals surface area contributed by atoms with E-state index in [1.165, 1.54) is 0 Å². The molecule has 0 aliphatic carbocycles. The van der Waals surface area contributed by atoms with Gasteiger partial charge in [-0.25, -0.2) is 4.98 Å². The lowest BCUT2D eigenvalue weighted by Gasteiger charge is -2.27. The van der Waals surface area contributed by atoms with E-state index < -0.39 is 6.10 Å². The highest BCUT2D eigenvalue weighted by Crippen LogP contribution is 2.23. The maximum Gasteiger partial charge on any atom is 0.266 e. The van der Waals surface area contributed by atoms with Crippen LogP contribution in [0, 0.1) is 0 Å². The van der Waals surface area contributed by atoms with Crippen molar-refractivity contribution in [3.8, 4) is 5.75 Å². The molecule has 0 radical (unpaired) electrons. The summed E-state index contributed by atoms with van der Waals surface area (Å²) in [5.41, 5.74) is 0.841. The molecule has 1 aromatic heterocycles. The van der Waals surface area contributed by atoms with Crippen molar-refractivity contribution in [1.82, 2.24) is 14.9 Å². The zero-order chi connectivity index (χ0) is 17.8.